The van der Waals surface area contributed by atoms with Crippen LogP contribution in [0.2, 0.25) is 0 Å². The van der Waals surface area contributed by atoms with Crippen LogP contribution in [-0.2, 0) is 6.42 Å². The molecule has 102 valence electrons. The first-order chi connectivity index (χ1) is 8.81. The average molecular weight is 266 g/mol. The number of rotatable bonds is 6. The van der Waals surface area contributed by atoms with E-state index in [9.17, 15) is 0 Å². The lowest BCUT2D eigenvalue weighted by molar-refractivity contribution is 0.442. The summed E-state index contributed by atoms with van der Waals surface area (Å²) in [5.41, 5.74) is 7.30. The number of nitrogens with two attached hydrogens (primary N) is 1. The Labute approximate surface area is 115 Å². The molecule has 0 aliphatic heterocycles. The number of aryl methyl sites for hydroxylation is 1. The molecule has 2 N–H and O–H groups in total. The van der Waals surface area contributed by atoms with Gasteiger partial charge in [-0.05, 0) is 25.7 Å². The summed E-state index contributed by atoms with van der Waals surface area (Å²) in [5, 5.41) is 2.30. The number of nitrogens with zero attached hydrogens (tertiary/aromatic N) is 1. The molecule has 18 heavy (non-hydrogen) atoms. The number of unbranched alkanes of at least 4 members (excludes halogenated alkanes) is 3. The largest absolute Gasteiger partial charge is 0.389 e. The summed E-state index contributed by atoms with van der Waals surface area (Å²) in [6.45, 7) is 2.25. The van der Waals surface area contributed by atoms with Crippen molar-refractivity contribution in [2.45, 2.75) is 77.0 Å². The Morgan fingerprint density at radius 2 is 1.94 bits per heavy atom. The fourth-order valence-corrected chi connectivity index (χ4v) is 3.85. The van der Waals surface area contributed by atoms with Gasteiger partial charge in [-0.15, -0.1) is 11.3 Å². The van der Waals surface area contributed by atoms with E-state index in [1.54, 1.807) is 11.3 Å². The Hall–Kier alpha value is -0.570. The van der Waals surface area contributed by atoms with Crippen molar-refractivity contribution >= 4 is 16.3 Å². The highest BCUT2D eigenvalue weighted by Crippen LogP contribution is 2.37. The molecule has 1 fully saturated rings. The van der Waals surface area contributed by atoms with Gasteiger partial charge in [-0.1, -0.05) is 45.4 Å². The zero-order valence-corrected chi connectivity index (χ0v) is 12.4. The molecule has 0 bridgehead atoms. The zero-order chi connectivity index (χ0) is 12.8. The van der Waals surface area contributed by atoms with Crippen LogP contribution < -0.4 is 5.73 Å². The number of hydrogen-bond donors (Lipinski definition) is 1. The molecule has 0 saturated heterocycles. The summed E-state index contributed by atoms with van der Waals surface area (Å²) in [6.07, 6.45) is 13.0. The number of anilines is 1. The first kappa shape index (κ1) is 13.9. The molecule has 2 nitrogen and oxygen atoms in total. The lowest BCUT2D eigenvalue weighted by Crippen LogP contribution is -2.04. The van der Waals surface area contributed by atoms with Crippen LogP contribution in [0.15, 0.2) is 0 Å². The van der Waals surface area contributed by atoms with Gasteiger partial charge in [0, 0.05) is 5.92 Å². The normalized spacial score (nSPS) is 17.2. The van der Waals surface area contributed by atoms with E-state index >= 15 is 0 Å². The van der Waals surface area contributed by atoms with Gasteiger partial charge in [0.2, 0.25) is 0 Å². The third kappa shape index (κ3) is 3.71. The minimum atomic E-state index is 0.704. The average Bonchev–Trinajstić information content (AvgIpc) is 2.77. The van der Waals surface area contributed by atoms with Gasteiger partial charge in [0.25, 0.3) is 0 Å². The number of nitrogen functional groups attached to an aromatic ring is 1. The molecule has 3 heteroatoms. The van der Waals surface area contributed by atoms with Gasteiger partial charge < -0.3 is 5.73 Å². The van der Waals surface area contributed by atoms with Crippen molar-refractivity contribution in [2.24, 2.45) is 0 Å². The first-order valence-electron chi connectivity index (χ1n) is 7.56. The molecule has 0 aromatic carbocycles. The number of thiazole rings is 1. The van der Waals surface area contributed by atoms with Gasteiger partial charge in [0.1, 0.15) is 5.00 Å². The second kappa shape index (κ2) is 7.13. The minimum absolute atomic E-state index is 0.704. The molecule has 0 radical (unpaired) electrons. The van der Waals surface area contributed by atoms with E-state index in [2.05, 4.69) is 6.92 Å². The summed E-state index contributed by atoms with van der Waals surface area (Å²) in [5.74, 6) is 0.704. The van der Waals surface area contributed by atoms with E-state index in [1.165, 1.54) is 68.5 Å². The van der Waals surface area contributed by atoms with Gasteiger partial charge in [-0.2, -0.15) is 0 Å². The summed E-state index contributed by atoms with van der Waals surface area (Å²) in [4.78, 5) is 4.82. The lowest BCUT2D eigenvalue weighted by Gasteiger charge is -2.18. The van der Waals surface area contributed by atoms with Gasteiger partial charge in [0.15, 0.2) is 0 Å². The quantitative estimate of drug-likeness (QED) is 0.744. The van der Waals surface area contributed by atoms with E-state index in [-0.39, 0.29) is 0 Å². The van der Waals surface area contributed by atoms with E-state index in [0.29, 0.717) is 5.92 Å². The van der Waals surface area contributed by atoms with Crippen LogP contribution in [0.3, 0.4) is 0 Å². The molecular formula is C15H26N2S. The van der Waals surface area contributed by atoms with Crippen molar-refractivity contribution < 1.29 is 0 Å². The van der Waals surface area contributed by atoms with Crippen LogP contribution >= 0.6 is 11.3 Å². The van der Waals surface area contributed by atoms with E-state index in [0.717, 1.165) is 11.4 Å². The fourth-order valence-electron chi connectivity index (χ4n) is 2.80. The Morgan fingerprint density at radius 1 is 1.17 bits per heavy atom. The highest BCUT2D eigenvalue weighted by Gasteiger charge is 2.20. The Balaban J connectivity index is 1.89. The summed E-state index contributed by atoms with van der Waals surface area (Å²) < 4.78 is 0. The zero-order valence-electron chi connectivity index (χ0n) is 11.6. The molecule has 1 aromatic rings. The van der Waals surface area contributed by atoms with Crippen LogP contribution in [0.25, 0.3) is 0 Å². The molecule has 1 heterocycles. The van der Waals surface area contributed by atoms with Crippen LogP contribution in [0.1, 0.15) is 81.3 Å². The Kier molecular flexibility index (Phi) is 5.48. The maximum Gasteiger partial charge on any atom is 0.109 e. The second-order valence-corrected chi connectivity index (χ2v) is 6.57. The highest BCUT2D eigenvalue weighted by molar-refractivity contribution is 7.15. The maximum absolute atomic E-state index is 6.12. The van der Waals surface area contributed by atoms with Gasteiger partial charge in [-0.3, -0.25) is 0 Å². The summed E-state index contributed by atoms with van der Waals surface area (Å²) >= 11 is 1.75. The third-order valence-corrected chi connectivity index (χ3v) is 5.05. The monoisotopic (exact) mass is 266 g/mol. The SMILES string of the molecule is CCCCCCc1nc(C2CCCCC2)sc1N. The topological polar surface area (TPSA) is 38.9 Å². The van der Waals surface area contributed by atoms with E-state index in [4.69, 9.17) is 10.7 Å². The number of hydrogen-bond acceptors (Lipinski definition) is 3. The van der Waals surface area contributed by atoms with Crippen LogP contribution in [0.4, 0.5) is 5.00 Å². The van der Waals surface area contributed by atoms with Crippen LogP contribution in [-0.4, -0.2) is 4.98 Å². The molecule has 0 unspecified atom stereocenters. The molecule has 1 aliphatic carbocycles. The summed E-state index contributed by atoms with van der Waals surface area (Å²) in [7, 11) is 0. The predicted octanol–water partition coefficient (Wildman–Crippen LogP) is 4.90. The van der Waals surface area contributed by atoms with Crippen molar-refractivity contribution in [3.63, 3.8) is 0 Å². The molecule has 0 spiro atoms. The molecule has 0 amide bonds. The van der Waals surface area contributed by atoms with Crippen molar-refractivity contribution in [3.05, 3.63) is 10.7 Å². The minimum Gasteiger partial charge on any atom is -0.389 e. The molecule has 1 aromatic heterocycles. The van der Waals surface area contributed by atoms with Crippen molar-refractivity contribution in [3.8, 4) is 0 Å². The lowest BCUT2D eigenvalue weighted by atomic mass is 9.90. The van der Waals surface area contributed by atoms with E-state index in [1.807, 2.05) is 0 Å². The molecule has 1 saturated carbocycles. The van der Waals surface area contributed by atoms with Gasteiger partial charge in [-0.25, -0.2) is 4.98 Å². The Bertz CT molecular complexity index is 353. The molecular weight excluding hydrogens is 240 g/mol. The summed E-state index contributed by atoms with van der Waals surface area (Å²) in [6, 6.07) is 0. The van der Waals surface area contributed by atoms with E-state index < -0.39 is 0 Å². The predicted molar refractivity (Wildman–Crippen MR) is 80.2 cm³/mol. The Morgan fingerprint density at radius 3 is 2.67 bits per heavy atom. The van der Waals surface area contributed by atoms with Gasteiger partial charge >= 0.3 is 0 Å². The molecule has 1 aliphatic rings. The molecule has 2 rings (SSSR count). The smallest absolute Gasteiger partial charge is 0.109 e. The molecule has 0 atom stereocenters. The number of aromatic nitrogens is 1. The highest BCUT2D eigenvalue weighted by atomic mass is 32.1. The fraction of sp³-hybridized carbons (Fsp3) is 0.800. The van der Waals surface area contributed by atoms with Gasteiger partial charge in [0.05, 0.1) is 10.7 Å². The van der Waals surface area contributed by atoms with Crippen molar-refractivity contribution in [2.75, 3.05) is 5.73 Å². The van der Waals surface area contributed by atoms with Crippen molar-refractivity contribution in [1.29, 1.82) is 0 Å². The van der Waals surface area contributed by atoms with Crippen LogP contribution in [0, 0.1) is 0 Å². The van der Waals surface area contributed by atoms with Crippen molar-refractivity contribution in [1.82, 2.24) is 4.98 Å². The third-order valence-electron chi connectivity index (χ3n) is 3.97. The maximum atomic E-state index is 6.12. The standard InChI is InChI=1S/C15H26N2S/c1-2-3-4-8-11-13-14(16)18-15(17-13)12-9-6-5-7-10-12/h12H,2-11,16H2,1H3. The second-order valence-electron chi connectivity index (χ2n) is 5.51. The van der Waals surface area contributed by atoms with Crippen LogP contribution in [0.5, 0.6) is 0 Å². The first-order valence-corrected chi connectivity index (χ1v) is 8.38.